The third-order valence-corrected chi connectivity index (χ3v) is 20.1. The number of hydrogen-bond acceptors (Lipinski definition) is 6. The molecule has 6 heteroatoms. The Balaban J connectivity index is 0.942. The van der Waals surface area contributed by atoms with Gasteiger partial charge in [-0.2, -0.15) is 0 Å². The molecule has 2 aliphatic carbocycles. The first-order valence-corrected chi connectivity index (χ1v) is 34.9. The molecule has 0 saturated heterocycles. The number of unbranched alkanes of at least 4 members (excludes halogenated alkanes) is 12. The van der Waals surface area contributed by atoms with Crippen molar-refractivity contribution >= 4 is 33.6 Å². The van der Waals surface area contributed by atoms with Crippen molar-refractivity contribution in [2.75, 3.05) is 0 Å². The summed E-state index contributed by atoms with van der Waals surface area (Å²) in [5.41, 5.74) is 21.9. The van der Waals surface area contributed by atoms with Crippen LogP contribution < -0.4 is 0 Å². The van der Waals surface area contributed by atoms with Gasteiger partial charge in [-0.3, -0.25) is 29.5 Å². The normalized spacial score (nSPS) is 13.0. The molecule has 0 atom stereocenters. The monoisotopic (exact) mass is 1210 g/mol. The highest BCUT2D eigenvalue weighted by molar-refractivity contribution is 6.11. The van der Waals surface area contributed by atoms with E-state index >= 15 is 9.59 Å². The molecular weight excluding hydrogens is 1120 g/mol. The maximum Gasteiger partial charge on any atom is 0.196 e. The zero-order valence-electron chi connectivity index (χ0n) is 56.1. The van der Waals surface area contributed by atoms with Crippen LogP contribution in [0.15, 0.2) is 182 Å². The Bertz CT molecular complexity index is 3880. The lowest BCUT2D eigenvalue weighted by Gasteiger charge is -2.33. The smallest absolute Gasteiger partial charge is 0.196 e. The number of benzene rings is 8. The van der Waals surface area contributed by atoms with Crippen LogP contribution in [0.1, 0.15) is 233 Å². The fraction of sp³-hybridized carbons (Fsp3) is 0.349. The highest BCUT2D eigenvalue weighted by atomic mass is 16.1. The fourth-order valence-corrected chi connectivity index (χ4v) is 15.4. The molecule has 1 heterocycles. The number of aromatic nitrogens is 4. The third-order valence-electron chi connectivity index (χ3n) is 20.1. The van der Waals surface area contributed by atoms with Crippen molar-refractivity contribution in [2.24, 2.45) is 0 Å². The van der Waals surface area contributed by atoms with E-state index in [0.717, 1.165) is 47.9 Å². The summed E-state index contributed by atoms with van der Waals surface area (Å²) in [6.07, 6.45) is 24.4. The highest BCUT2D eigenvalue weighted by Crippen LogP contribution is 2.57. The Morgan fingerprint density at radius 2 is 0.565 bits per heavy atom. The number of fused-ring (bicyclic) bond motifs is 8. The van der Waals surface area contributed by atoms with Crippen LogP contribution in [0.2, 0.25) is 0 Å². The van der Waals surface area contributed by atoms with Crippen LogP contribution in [0.3, 0.4) is 0 Å². The fourth-order valence-electron chi connectivity index (χ4n) is 15.4. The van der Waals surface area contributed by atoms with Crippen LogP contribution >= 0.6 is 0 Å². The molecule has 0 amide bonds. The summed E-state index contributed by atoms with van der Waals surface area (Å²) in [6, 6.07) is 63.9. The second-order valence-electron chi connectivity index (χ2n) is 26.3. The van der Waals surface area contributed by atoms with Crippen molar-refractivity contribution in [1.29, 1.82) is 0 Å². The van der Waals surface area contributed by atoms with Gasteiger partial charge >= 0.3 is 0 Å². The van der Waals surface area contributed by atoms with Crippen molar-refractivity contribution in [3.8, 4) is 44.5 Å². The van der Waals surface area contributed by atoms with E-state index in [4.69, 9.17) is 19.9 Å². The average molecular weight is 1220 g/mol. The van der Waals surface area contributed by atoms with Gasteiger partial charge in [-0.15, -0.1) is 0 Å². The van der Waals surface area contributed by atoms with E-state index in [0.29, 0.717) is 67.1 Å². The van der Waals surface area contributed by atoms with Gasteiger partial charge in [-0.05, 0) is 157 Å². The molecule has 0 fully saturated rings. The number of ketones is 2. The second-order valence-corrected chi connectivity index (χ2v) is 26.3. The zero-order chi connectivity index (χ0) is 64.2. The van der Waals surface area contributed by atoms with Crippen molar-refractivity contribution in [1.82, 2.24) is 19.9 Å². The van der Waals surface area contributed by atoms with Crippen molar-refractivity contribution in [3.05, 3.63) is 249 Å². The molecule has 2 aliphatic rings. The maximum atomic E-state index is 15.3. The van der Waals surface area contributed by atoms with Crippen LogP contribution in [0.5, 0.6) is 0 Å². The summed E-state index contributed by atoms with van der Waals surface area (Å²) < 4.78 is 0. The zero-order valence-corrected chi connectivity index (χ0v) is 56.1. The Kier molecular flexibility index (Phi) is 21.1. The number of hydrogen-bond donors (Lipinski definition) is 0. The molecule has 0 saturated carbocycles. The van der Waals surface area contributed by atoms with Gasteiger partial charge in [-0.25, -0.2) is 0 Å². The molecule has 0 radical (unpaired) electrons. The van der Waals surface area contributed by atoms with Crippen LogP contribution in [-0.2, 0) is 10.8 Å². The Hall–Kier alpha value is -8.48. The quantitative estimate of drug-likeness (QED) is 0.0397. The highest BCUT2D eigenvalue weighted by Gasteiger charge is 2.44. The molecular formula is C86H94N4O2. The van der Waals surface area contributed by atoms with E-state index in [-0.39, 0.29) is 22.4 Å². The summed E-state index contributed by atoms with van der Waals surface area (Å²) >= 11 is 0. The minimum absolute atomic E-state index is 0.0275. The first kappa shape index (κ1) is 65.0. The standard InChI is InChI=1S/C86H94N4O2/c1-9-13-17-29-53-85(54-30-18-14-10-2)73-35-23-21-33-69(73)71-51-49-67(57-75(71)85)63-41-45-65(46-42-63)83(91)81-59(5)87-77-37-25-27-39-79(77)89-61(7)82(62(8)90-80-40-28-26-38-78(80)88-60(81)6)84(92)66-47-43-64(44-48-66)68-50-52-72-70-34-22-24-36-74(70)86(76(72)58-68,55-31-19-15-11-3)56-32-20-16-12-4/h21-28,33-52,57-58H,9-20,29-32,53-56H2,1-8H3. The summed E-state index contributed by atoms with van der Waals surface area (Å²) in [4.78, 5) is 51.4. The lowest BCUT2D eigenvalue weighted by atomic mass is 9.70. The molecule has 6 nitrogen and oxygen atoms in total. The summed E-state index contributed by atoms with van der Waals surface area (Å²) in [6.45, 7) is 16.7. The van der Waals surface area contributed by atoms with Gasteiger partial charge in [-0.1, -0.05) is 276 Å². The number of carbonyl (C=O) groups excluding carboxylic acids is 2. The van der Waals surface area contributed by atoms with E-state index in [1.54, 1.807) is 0 Å². The summed E-state index contributed by atoms with van der Waals surface area (Å²) in [5, 5.41) is 0. The second kappa shape index (κ2) is 29.9. The molecule has 9 aromatic rings. The maximum absolute atomic E-state index is 15.3. The van der Waals surface area contributed by atoms with E-state index in [1.165, 1.54) is 147 Å². The largest absolute Gasteiger partial charge is 0.288 e. The molecule has 0 spiro atoms. The molecule has 470 valence electrons. The van der Waals surface area contributed by atoms with Gasteiger partial charge in [0.25, 0.3) is 0 Å². The summed E-state index contributed by atoms with van der Waals surface area (Å²) in [5.74, 6) is -0.360. The van der Waals surface area contributed by atoms with Crippen LogP contribution in [0.4, 0.5) is 0 Å². The first-order chi connectivity index (χ1) is 44.9. The number of rotatable bonds is 26. The molecule has 0 N–H and O–H groups in total. The Morgan fingerprint density at radius 1 is 0.293 bits per heavy atom. The molecule has 8 aromatic carbocycles. The molecule has 0 unspecified atom stereocenters. The molecule has 0 aliphatic heterocycles. The van der Waals surface area contributed by atoms with Gasteiger partial charge in [0.05, 0.1) is 56.0 Å². The predicted molar refractivity (Wildman–Crippen MR) is 385 cm³/mol. The summed E-state index contributed by atoms with van der Waals surface area (Å²) in [7, 11) is 0. The Labute approximate surface area is 548 Å². The average Bonchev–Trinajstić information content (AvgIpc) is 1.58. The van der Waals surface area contributed by atoms with E-state index in [2.05, 4.69) is 137 Å². The molecule has 11 rings (SSSR count). The molecule has 92 heavy (non-hydrogen) atoms. The third kappa shape index (κ3) is 13.5. The first-order valence-electron chi connectivity index (χ1n) is 34.9. The van der Waals surface area contributed by atoms with E-state index < -0.39 is 0 Å². The van der Waals surface area contributed by atoms with E-state index in [1.807, 2.05) is 100 Å². The minimum Gasteiger partial charge on any atom is -0.288 e. The van der Waals surface area contributed by atoms with Gasteiger partial charge in [0.15, 0.2) is 11.6 Å². The predicted octanol–water partition coefficient (Wildman–Crippen LogP) is 23.3. The number of para-hydroxylation sites is 4. The van der Waals surface area contributed by atoms with Crippen molar-refractivity contribution in [2.45, 2.75) is 195 Å². The van der Waals surface area contributed by atoms with Crippen LogP contribution in [-0.4, -0.2) is 31.5 Å². The van der Waals surface area contributed by atoms with Gasteiger partial charge in [0.2, 0.25) is 0 Å². The number of nitrogens with zero attached hydrogens (tertiary/aromatic N) is 4. The van der Waals surface area contributed by atoms with Crippen LogP contribution in [0, 0.1) is 27.7 Å². The Morgan fingerprint density at radius 3 is 0.870 bits per heavy atom. The van der Waals surface area contributed by atoms with Crippen molar-refractivity contribution < 1.29 is 9.59 Å². The van der Waals surface area contributed by atoms with Gasteiger partial charge in [0.1, 0.15) is 0 Å². The molecule has 0 bridgehead atoms. The van der Waals surface area contributed by atoms with Gasteiger partial charge < -0.3 is 0 Å². The lowest BCUT2D eigenvalue weighted by Crippen LogP contribution is -2.25. The number of aryl methyl sites for hydroxylation is 4. The SMILES string of the molecule is CCCCCCC1(CCCCCC)c2ccccc2-c2ccc(-c3ccc(C(=O)c4c(C)nc5ccccc5nc(C)c(C(=O)c5ccc(-c6ccc7c(c6)C(CCCCCC)(CCCCCC)c6ccccc6-7)cc5)c(C)nc5ccccc5nc4C)cc3)cc21. The minimum atomic E-state index is -0.180. The lowest BCUT2D eigenvalue weighted by molar-refractivity contribution is 0.102. The van der Waals surface area contributed by atoms with E-state index in [9.17, 15) is 0 Å². The van der Waals surface area contributed by atoms with Gasteiger partial charge in [0, 0.05) is 22.0 Å². The van der Waals surface area contributed by atoms with Crippen LogP contribution in [0.25, 0.3) is 66.6 Å². The van der Waals surface area contributed by atoms with Crippen molar-refractivity contribution in [3.63, 3.8) is 0 Å². The molecule has 1 aromatic heterocycles. The number of carbonyl (C=O) groups is 2. The topological polar surface area (TPSA) is 85.7 Å².